The maximum absolute atomic E-state index is 6.01. The summed E-state index contributed by atoms with van der Waals surface area (Å²) in [5, 5.41) is 5.24. The van der Waals surface area contributed by atoms with Crippen LogP contribution in [0.25, 0.3) is 11.3 Å². The van der Waals surface area contributed by atoms with Crippen LogP contribution in [0.1, 0.15) is 68.5 Å². The monoisotopic (exact) mass is 388 g/mol. The molecular formula is C26H32N2O. The molecule has 3 heteroatoms. The molecule has 29 heavy (non-hydrogen) atoms. The summed E-state index contributed by atoms with van der Waals surface area (Å²) in [4.78, 5) is 0. The lowest BCUT2D eigenvalue weighted by Gasteiger charge is -2.29. The van der Waals surface area contributed by atoms with Crippen molar-refractivity contribution in [3.05, 3.63) is 77.5 Å². The minimum absolute atomic E-state index is 0.127. The van der Waals surface area contributed by atoms with Crippen molar-refractivity contribution in [1.29, 1.82) is 0 Å². The summed E-state index contributed by atoms with van der Waals surface area (Å²) >= 11 is 0. The van der Waals surface area contributed by atoms with E-state index in [0.717, 1.165) is 6.42 Å². The summed E-state index contributed by atoms with van der Waals surface area (Å²) in [6.45, 7) is 7.00. The molecule has 0 amide bonds. The Hall–Kier alpha value is -2.39. The lowest BCUT2D eigenvalue weighted by molar-refractivity contribution is 0.0353. The predicted molar refractivity (Wildman–Crippen MR) is 119 cm³/mol. The highest BCUT2D eigenvalue weighted by molar-refractivity contribution is 5.66. The van der Waals surface area contributed by atoms with E-state index in [1.807, 2.05) is 0 Å². The zero-order chi connectivity index (χ0) is 20.4. The van der Waals surface area contributed by atoms with Gasteiger partial charge in [-0.2, -0.15) is 5.10 Å². The van der Waals surface area contributed by atoms with Crippen LogP contribution in [-0.2, 0) is 11.2 Å². The highest BCUT2D eigenvalue weighted by atomic mass is 16.5. The van der Waals surface area contributed by atoms with Crippen molar-refractivity contribution in [2.75, 3.05) is 7.11 Å². The first-order valence-electron chi connectivity index (χ1n) is 10.8. The average molecular weight is 389 g/mol. The van der Waals surface area contributed by atoms with Gasteiger partial charge >= 0.3 is 0 Å². The molecule has 1 aliphatic carbocycles. The molecule has 3 aromatic rings. The lowest BCUT2D eigenvalue weighted by Crippen LogP contribution is -2.18. The van der Waals surface area contributed by atoms with Crippen molar-refractivity contribution in [1.82, 2.24) is 9.78 Å². The van der Waals surface area contributed by atoms with Gasteiger partial charge in [0.25, 0.3) is 0 Å². The van der Waals surface area contributed by atoms with E-state index in [-0.39, 0.29) is 6.23 Å². The maximum Gasteiger partial charge on any atom is 0.154 e. The zero-order valence-electron chi connectivity index (χ0n) is 18.0. The number of aromatic nitrogens is 2. The quantitative estimate of drug-likeness (QED) is 0.477. The van der Waals surface area contributed by atoms with E-state index in [0.29, 0.717) is 17.8 Å². The molecule has 0 fully saturated rings. The number of ether oxygens (including phenoxy) is 1. The number of methoxy groups -OCH3 is 1. The van der Waals surface area contributed by atoms with Crippen LogP contribution in [0.3, 0.4) is 0 Å². The molecular weight excluding hydrogens is 356 g/mol. The Bertz CT molecular complexity index is 930. The summed E-state index contributed by atoms with van der Waals surface area (Å²) in [6.07, 6.45) is 3.11. The van der Waals surface area contributed by atoms with E-state index in [9.17, 15) is 0 Å². The second kappa shape index (κ2) is 8.54. The van der Waals surface area contributed by atoms with E-state index in [2.05, 4.69) is 86.1 Å². The number of rotatable bonds is 6. The fourth-order valence-electron chi connectivity index (χ4n) is 4.76. The minimum atomic E-state index is -0.127. The van der Waals surface area contributed by atoms with E-state index in [1.54, 1.807) is 7.11 Å². The van der Waals surface area contributed by atoms with Gasteiger partial charge in [-0.1, -0.05) is 81.4 Å². The molecule has 0 bridgehead atoms. The van der Waals surface area contributed by atoms with E-state index >= 15 is 0 Å². The molecule has 0 unspecified atom stereocenters. The van der Waals surface area contributed by atoms with E-state index in [4.69, 9.17) is 9.84 Å². The molecule has 0 N–H and O–H groups in total. The van der Waals surface area contributed by atoms with Crippen LogP contribution in [0.4, 0.5) is 0 Å². The topological polar surface area (TPSA) is 27.1 Å². The van der Waals surface area contributed by atoms with Gasteiger partial charge < -0.3 is 4.74 Å². The molecule has 152 valence electrons. The predicted octanol–water partition coefficient (Wildman–Crippen LogP) is 6.57. The third-order valence-electron chi connectivity index (χ3n) is 6.38. The molecule has 3 atom stereocenters. The summed E-state index contributed by atoms with van der Waals surface area (Å²) in [7, 11) is 1.80. The first-order valence-corrected chi connectivity index (χ1v) is 10.8. The zero-order valence-corrected chi connectivity index (χ0v) is 18.0. The summed E-state index contributed by atoms with van der Waals surface area (Å²) in [6, 6.07) is 21.3. The van der Waals surface area contributed by atoms with Crippen molar-refractivity contribution in [2.45, 2.75) is 58.1 Å². The molecule has 0 spiro atoms. The van der Waals surface area contributed by atoms with Gasteiger partial charge in [0.05, 0.1) is 11.4 Å². The number of benzene rings is 2. The normalized spacial score (nSPS) is 19.9. The molecule has 0 aliphatic heterocycles. The van der Waals surface area contributed by atoms with Crippen LogP contribution < -0.4 is 0 Å². The first-order chi connectivity index (χ1) is 14.1. The number of hydrogen-bond acceptors (Lipinski definition) is 2. The van der Waals surface area contributed by atoms with Gasteiger partial charge in [0.1, 0.15) is 0 Å². The van der Waals surface area contributed by atoms with Crippen molar-refractivity contribution < 1.29 is 4.74 Å². The largest absolute Gasteiger partial charge is 0.359 e. The maximum atomic E-state index is 6.01. The van der Waals surface area contributed by atoms with Gasteiger partial charge in [0.15, 0.2) is 6.23 Å². The fourth-order valence-corrected chi connectivity index (χ4v) is 4.76. The fraction of sp³-hybridized carbons (Fsp3) is 0.423. The molecule has 3 nitrogen and oxygen atoms in total. The number of hydrogen-bond donors (Lipinski definition) is 0. The number of fused-ring (bicyclic) bond motifs is 1. The Labute approximate surface area is 174 Å². The molecule has 2 aromatic carbocycles. The highest BCUT2D eigenvalue weighted by Gasteiger charge is 2.35. The smallest absolute Gasteiger partial charge is 0.154 e. The van der Waals surface area contributed by atoms with Crippen LogP contribution in [0, 0.1) is 5.92 Å². The Morgan fingerprint density at radius 1 is 1.00 bits per heavy atom. The van der Waals surface area contributed by atoms with Gasteiger partial charge in [0, 0.05) is 30.6 Å². The van der Waals surface area contributed by atoms with Crippen LogP contribution in [-0.4, -0.2) is 16.9 Å². The van der Waals surface area contributed by atoms with Gasteiger partial charge in [-0.3, -0.25) is 0 Å². The molecule has 4 rings (SSSR count). The lowest BCUT2D eigenvalue weighted by atomic mass is 9.75. The summed E-state index contributed by atoms with van der Waals surface area (Å²) in [5.41, 5.74) is 6.44. The Morgan fingerprint density at radius 3 is 2.28 bits per heavy atom. The van der Waals surface area contributed by atoms with E-state index < -0.39 is 0 Å². The van der Waals surface area contributed by atoms with Gasteiger partial charge in [-0.05, 0) is 30.2 Å². The van der Waals surface area contributed by atoms with Gasteiger partial charge in [-0.25, -0.2) is 4.68 Å². The van der Waals surface area contributed by atoms with Crippen LogP contribution in [0.5, 0.6) is 0 Å². The summed E-state index contributed by atoms with van der Waals surface area (Å²) < 4.78 is 8.18. The molecule has 1 aromatic heterocycles. The molecule has 0 saturated carbocycles. The number of nitrogens with zero attached hydrogens (tertiary/aromatic N) is 2. The van der Waals surface area contributed by atoms with Crippen molar-refractivity contribution in [2.24, 2.45) is 5.92 Å². The van der Waals surface area contributed by atoms with Crippen molar-refractivity contribution in [3.63, 3.8) is 0 Å². The van der Waals surface area contributed by atoms with Gasteiger partial charge in [-0.15, -0.1) is 0 Å². The highest BCUT2D eigenvalue weighted by Crippen LogP contribution is 2.46. The SMILES string of the molecule is CO[C@H](Cc1ccccc1)n1nc2c(c1-c1ccccc1)[C@H](C)CC[C@H]2C(C)C. The van der Waals surface area contributed by atoms with Crippen LogP contribution in [0.2, 0.25) is 0 Å². The molecule has 1 aliphatic rings. The minimum Gasteiger partial charge on any atom is -0.359 e. The average Bonchev–Trinajstić information content (AvgIpc) is 3.14. The molecule has 1 heterocycles. The Balaban J connectivity index is 1.87. The third-order valence-corrected chi connectivity index (χ3v) is 6.38. The molecule has 0 saturated heterocycles. The van der Waals surface area contributed by atoms with Crippen molar-refractivity contribution in [3.8, 4) is 11.3 Å². The van der Waals surface area contributed by atoms with Crippen LogP contribution >= 0.6 is 0 Å². The third kappa shape index (κ3) is 3.89. The Kier molecular flexibility index (Phi) is 5.86. The van der Waals surface area contributed by atoms with Gasteiger partial charge in [0.2, 0.25) is 0 Å². The van der Waals surface area contributed by atoms with Crippen molar-refractivity contribution >= 4 is 0 Å². The first kappa shape index (κ1) is 19.9. The summed E-state index contributed by atoms with van der Waals surface area (Å²) in [5.74, 6) is 1.61. The van der Waals surface area contributed by atoms with Crippen LogP contribution in [0.15, 0.2) is 60.7 Å². The molecule has 0 radical (unpaired) electrons. The second-order valence-corrected chi connectivity index (χ2v) is 8.67. The second-order valence-electron chi connectivity index (χ2n) is 8.67. The Morgan fingerprint density at radius 2 is 1.66 bits per heavy atom. The standard InChI is InChI=1S/C26H32N2O/c1-18(2)22-16-15-19(3)24-25(22)27-28(26(24)21-13-9-6-10-14-21)23(29-4)17-20-11-7-5-8-12-20/h5-14,18-19,22-23H,15-17H2,1-4H3/t19-,22+,23-/m1/s1. The van der Waals surface area contributed by atoms with E-state index in [1.165, 1.54) is 40.9 Å².